The van der Waals surface area contributed by atoms with E-state index in [-0.39, 0.29) is 11.7 Å². The zero-order chi connectivity index (χ0) is 16.7. The van der Waals surface area contributed by atoms with Crippen LogP contribution in [-0.2, 0) is 9.53 Å². The zero-order valence-corrected chi connectivity index (χ0v) is 14.6. The Hall–Kier alpha value is -1.69. The molecule has 11 heteroatoms. The molecule has 8 nitrogen and oxygen atoms in total. The van der Waals surface area contributed by atoms with Crippen molar-refractivity contribution < 1.29 is 14.3 Å². The number of anilines is 2. The first-order valence-corrected chi connectivity index (χ1v) is 9.14. The van der Waals surface area contributed by atoms with Crippen molar-refractivity contribution in [3.8, 4) is 0 Å². The van der Waals surface area contributed by atoms with Gasteiger partial charge in [0.2, 0.25) is 11.0 Å². The molecule has 2 rings (SSSR count). The molecule has 0 unspecified atom stereocenters. The lowest BCUT2D eigenvalue weighted by Crippen LogP contribution is -2.17. The minimum atomic E-state index is -0.565. The molecule has 0 aliphatic carbocycles. The van der Waals surface area contributed by atoms with Gasteiger partial charge in [-0.1, -0.05) is 23.1 Å². The molecule has 0 aliphatic rings. The van der Waals surface area contributed by atoms with Crippen LogP contribution in [-0.4, -0.2) is 48.0 Å². The molecule has 124 valence electrons. The summed E-state index contributed by atoms with van der Waals surface area (Å²) in [4.78, 5) is 23.1. The number of carbonyl (C=O) groups excluding carboxylic acids is 2. The molecule has 0 saturated heterocycles. The molecule has 0 fully saturated rings. The summed E-state index contributed by atoms with van der Waals surface area (Å²) in [6.45, 7) is 1.22. The quantitative estimate of drug-likeness (QED) is 0.450. The SMILES string of the molecule is COCCNc1nnc(SCC(=O)Nc2sccc2C(N)=O)s1. The van der Waals surface area contributed by atoms with Crippen LogP contribution in [0.3, 0.4) is 0 Å². The fourth-order valence-electron chi connectivity index (χ4n) is 1.49. The summed E-state index contributed by atoms with van der Waals surface area (Å²) in [6.07, 6.45) is 0. The second-order valence-electron chi connectivity index (χ2n) is 4.16. The number of hydrogen-bond acceptors (Lipinski definition) is 9. The zero-order valence-electron chi connectivity index (χ0n) is 12.2. The number of methoxy groups -OCH3 is 1. The van der Waals surface area contributed by atoms with Gasteiger partial charge in [-0.3, -0.25) is 9.59 Å². The van der Waals surface area contributed by atoms with E-state index in [1.165, 1.54) is 34.4 Å². The third-order valence-electron chi connectivity index (χ3n) is 2.50. The van der Waals surface area contributed by atoms with Gasteiger partial charge in [-0.25, -0.2) is 0 Å². The molecule has 0 saturated carbocycles. The third kappa shape index (κ3) is 5.46. The van der Waals surface area contributed by atoms with Gasteiger partial charge in [-0.05, 0) is 11.4 Å². The minimum absolute atomic E-state index is 0.169. The van der Waals surface area contributed by atoms with Crippen molar-refractivity contribution in [2.24, 2.45) is 5.73 Å². The molecule has 0 aliphatic heterocycles. The van der Waals surface area contributed by atoms with E-state index >= 15 is 0 Å². The first kappa shape index (κ1) is 17.7. The standard InChI is InChI=1S/C12H15N5O3S3/c1-20-4-3-14-11-16-17-12(23-11)22-6-8(18)15-10-7(9(13)19)2-5-21-10/h2,5H,3-4,6H2,1H3,(H2,13,19)(H,14,16)(H,15,18). The Bertz CT molecular complexity index is 672. The summed E-state index contributed by atoms with van der Waals surface area (Å²) >= 11 is 3.89. The van der Waals surface area contributed by atoms with Gasteiger partial charge in [0.15, 0.2) is 4.34 Å². The first-order chi connectivity index (χ1) is 11.1. The number of amides is 2. The highest BCUT2D eigenvalue weighted by molar-refractivity contribution is 8.01. The van der Waals surface area contributed by atoms with E-state index in [0.717, 1.165) is 0 Å². The maximum atomic E-state index is 11.9. The second kappa shape index (κ2) is 8.82. The Labute approximate surface area is 144 Å². The van der Waals surface area contributed by atoms with Gasteiger partial charge in [0, 0.05) is 13.7 Å². The lowest BCUT2D eigenvalue weighted by Gasteiger charge is -2.03. The van der Waals surface area contributed by atoms with Crippen LogP contribution in [0.25, 0.3) is 0 Å². The van der Waals surface area contributed by atoms with Crippen LogP contribution in [0.2, 0.25) is 0 Å². The number of nitrogens with one attached hydrogen (secondary N) is 2. The molecule has 2 aromatic heterocycles. The Balaban J connectivity index is 1.80. The van der Waals surface area contributed by atoms with Crippen molar-refractivity contribution in [3.05, 3.63) is 17.0 Å². The number of carbonyl (C=O) groups is 2. The Morgan fingerprint density at radius 3 is 3.00 bits per heavy atom. The van der Waals surface area contributed by atoms with Gasteiger partial charge in [0.25, 0.3) is 5.91 Å². The molecule has 0 spiro atoms. The van der Waals surface area contributed by atoms with Crippen molar-refractivity contribution in [1.82, 2.24) is 10.2 Å². The summed E-state index contributed by atoms with van der Waals surface area (Å²) in [7, 11) is 1.62. The topological polar surface area (TPSA) is 119 Å². The second-order valence-corrected chi connectivity index (χ2v) is 7.27. The van der Waals surface area contributed by atoms with Crippen LogP contribution in [0.1, 0.15) is 10.4 Å². The summed E-state index contributed by atoms with van der Waals surface area (Å²) in [6, 6.07) is 1.58. The predicted octanol–water partition coefficient (Wildman–Crippen LogP) is 1.49. The van der Waals surface area contributed by atoms with Crippen LogP contribution in [0.5, 0.6) is 0 Å². The van der Waals surface area contributed by atoms with Crippen molar-refractivity contribution in [3.63, 3.8) is 0 Å². The van der Waals surface area contributed by atoms with Crippen LogP contribution in [0.15, 0.2) is 15.8 Å². The number of hydrogen-bond donors (Lipinski definition) is 3. The largest absolute Gasteiger partial charge is 0.383 e. The van der Waals surface area contributed by atoms with Crippen molar-refractivity contribution in [1.29, 1.82) is 0 Å². The van der Waals surface area contributed by atoms with Crippen LogP contribution < -0.4 is 16.4 Å². The summed E-state index contributed by atoms with van der Waals surface area (Å²) in [5.41, 5.74) is 5.55. The number of ether oxygens (including phenoxy) is 1. The van der Waals surface area contributed by atoms with Gasteiger partial charge < -0.3 is 21.1 Å². The van der Waals surface area contributed by atoms with E-state index in [9.17, 15) is 9.59 Å². The molecular weight excluding hydrogens is 358 g/mol. The van der Waals surface area contributed by atoms with Gasteiger partial charge in [-0.15, -0.1) is 21.5 Å². The summed E-state index contributed by atoms with van der Waals surface area (Å²) < 4.78 is 5.61. The number of thioether (sulfide) groups is 1. The molecule has 2 heterocycles. The Kier molecular flexibility index (Phi) is 6.77. The normalized spacial score (nSPS) is 10.5. The molecule has 4 N–H and O–H groups in total. The number of rotatable bonds is 9. The molecule has 0 bridgehead atoms. The van der Waals surface area contributed by atoms with E-state index in [0.29, 0.717) is 33.2 Å². The van der Waals surface area contributed by atoms with Gasteiger partial charge in [0.05, 0.1) is 17.9 Å². The van der Waals surface area contributed by atoms with Gasteiger partial charge in [-0.2, -0.15) is 0 Å². The highest BCUT2D eigenvalue weighted by Gasteiger charge is 2.13. The highest BCUT2D eigenvalue weighted by atomic mass is 32.2. The lowest BCUT2D eigenvalue weighted by molar-refractivity contribution is -0.113. The monoisotopic (exact) mass is 373 g/mol. The molecular formula is C12H15N5O3S3. The number of thiophene rings is 1. The van der Waals surface area contributed by atoms with E-state index in [1.54, 1.807) is 18.6 Å². The number of nitrogens with two attached hydrogens (primary N) is 1. The molecule has 0 aromatic carbocycles. The van der Waals surface area contributed by atoms with E-state index in [2.05, 4.69) is 20.8 Å². The average Bonchev–Trinajstić information content (AvgIpc) is 3.14. The smallest absolute Gasteiger partial charge is 0.251 e. The van der Waals surface area contributed by atoms with Crippen LogP contribution in [0, 0.1) is 0 Å². The molecule has 0 radical (unpaired) electrons. The lowest BCUT2D eigenvalue weighted by atomic mass is 10.3. The highest BCUT2D eigenvalue weighted by Crippen LogP contribution is 2.26. The maximum Gasteiger partial charge on any atom is 0.251 e. The summed E-state index contributed by atoms with van der Waals surface area (Å²) in [5.74, 6) is -0.628. The fourth-order valence-corrected chi connectivity index (χ4v) is 3.88. The Morgan fingerprint density at radius 2 is 2.26 bits per heavy atom. The van der Waals surface area contributed by atoms with Crippen molar-refractivity contribution >= 4 is 56.4 Å². The van der Waals surface area contributed by atoms with E-state index < -0.39 is 5.91 Å². The van der Waals surface area contributed by atoms with Crippen LogP contribution >= 0.6 is 34.4 Å². The Morgan fingerprint density at radius 1 is 1.43 bits per heavy atom. The van der Waals surface area contributed by atoms with Gasteiger partial charge in [0.1, 0.15) is 5.00 Å². The summed E-state index contributed by atoms with van der Waals surface area (Å²) in [5, 5.41) is 16.5. The number of aromatic nitrogens is 2. The van der Waals surface area contributed by atoms with E-state index in [4.69, 9.17) is 10.5 Å². The van der Waals surface area contributed by atoms with Crippen molar-refractivity contribution in [2.45, 2.75) is 4.34 Å². The fraction of sp³-hybridized carbons (Fsp3) is 0.333. The molecule has 23 heavy (non-hydrogen) atoms. The van der Waals surface area contributed by atoms with Gasteiger partial charge >= 0.3 is 0 Å². The van der Waals surface area contributed by atoms with E-state index in [1.807, 2.05) is 0 Å². The first-order valence-electron chi connectivity index (χ1n) is 6.46. The predicted molar refractivity (Wildman–Crippen MR) is 92.5 cm³/mol. The molecule has 2 aromatic rings. The molecule has 0 atom stereocenters. The minimum Gasteiger partial charge on any atom is -0.383 e. The number of nitrogens with zero attached hydrogens (tertiary/aromatic N) is 2. The van der Waals surface area contributed by atoms with Crippen molar-refractivity contribution in [2.75, 3.05) is 36.6 Å². The third-order valence-corrected chi connectivity index (χ3v) is 5.34. The molecule has 2 amide bonds. The number of primary amides is 1. The maximum absolute atomic E-state index is 11.9. The van der Waals surface area contributed by atoms with Crippen LogP contribution in [0.4, 0.5) is 10.1 Å². The average molecular weight is 373 g/mol.